The molecule has 47 heavy (non-hydrogen) atoms. The minimum atomic E-state index is -1.24. The molecule has 0 aliphatic carbocycles. The molecule has 13 heteroatoms. The van der Waals surface area contributed by atoms with Crippen LogP contribution in [0.2, 0.25) is 0 Å². The number of hydrogen-bond acceptors (Lipinski definition) is 8. The number of carboxylic acid groups (broad SMARTS) is 1. The Labute approximate surface area is 279 Å². The van der Waals surface area contributed by atoms with Gasteiger partial charge in [-0.25, -0.2) is 0 Å². The van der Waals surface area contributed by atoms with Crippen LogP contribution in [0.5, 0.6) is 0 Å². The number of carboxylic acids is 1. The fourth-order valence-electron chi connectivity index (χ4n) is 5.65. The summed E-state index contributed by atoms with van der Waals surface area (Å²) in [6.07, 6.45) is 3.06. The molecule has 1 unspecified atom stereocenters. The first-order valence-electron chi connectivity index (χ1n) is 15.9. The van der Waals surface area contributed by atoms with Crippen LogP contribution in [0.25, 0.3) is 0 Å². The molecule has 0 aromatic heterocycles. The Bertz CT molecular complexity index is 1250. The van der Waals surface area contributed by atoms with Gasteiger partial charge in [0.25, 0.3) is 11.8 Å². The summed E-state index contributed by atoms with van der Waals surface area (Å²) >= 11 is 0. The first-order chi connectivity index (χ1) is 21.4. The lowest BCUT2D eigenvalue weighted by Gasteiger charge is -2.40. The van der Waals surface area contributed by atoms with Crippen molar-refractivity contribution in [3.8, 4) is 0 Å². The number of carbonyl (C=O) groups is 7. The third kappa shape index (κ3) is 12.0. The molecule has 1 aliphatic rings. The zero-order valence-electron chi connectivity index (χ0n) is 30.1. The zero-order valence-corrected chi connectivity index (χ0v) is 30.1. The van der Waals surface area contributed by atoms with Crippen LogP contribution < -0.4 is 10.6 Å². The lowest BCUT2D eigenvalue weighted by molar-refractivity contribution is -0.143. The molecule has 1 heterocycles. The number of rotatable bonds is 16. The van der Waals surface area contributed by atoms with Crippen molar-refractivity contribution in [2.24, 2.45) is 22.7 Å². The van der Waals surface area contributed by atoms with E-state index in [-0.39, 0.29) is 41.8 Å². The SMILES string of the molecule is C/C(=C\[C@H](C(C)C)N(C)C(=O)[C@@H](NC(=O)[C@@H](N(C)C)C(C)(C)C)C(C)(C)C)C(=O)CCC(CC(=O)O)C(=O)NCN1C(=O)C=CC1=O. The molecular formula is C34H55N5O8. The van der Waals surface area contributed by atoms with Crippen LogP contribution in [-0.4, -0.2) is 107 Å². The van der Waals surface area contributed by atoms with Gasteiger partial charge in [-0.05, 0) is 49.8 Å². The fraction of sp³-hybridized carbons (Fsp3) is 0.676. The van der Waals surface area contributed by atoms with E-state index in [2.05, 4.69) is 10.6 Å². The third-order valence-electron chi connectivity index (χ3n) is 8.15. The van der Waals surface area contributed by atoms with Crippen LogP contribution in [0.1, 0.15) is 81.6 Å². The number of amides is 5. The van der Waals surface area contributed by atoms with Crippen molar-refractivity contribution < 1.29 is 38.7 Å². The molecule has 264 valence electrons. The maximum Gasteiger partial charge on any atom is 0.304 e. The van der Waals surface area contributed by atoms with Gasteiger partial charge in [-0.1, -0.05) is 61.5 Å². The number of nitrogens with one attached hydrogen (secondary N) is 2. The highest BCUT2D eigenvalue weighted by Crippen LogP contribution is 2.27. The summed E-state index contributed by atoms with van der Waals surface area (Å²) in [5.41, 5.74) is -0.676. The van der Waals surface area contributed by atoms with Crippen molar-refractivity contribution in [3.63, 3.8) is 0 Å². The number of imide groups is 1. The van der Waals surface area contributed by atoms with Gasteiger partial charge in [-0.3, -0.25) is 43.4 Å². The molecule has 0 saturated heterocycles. The number of aliphatic carboxylic acids is 1. The van der Waals surface area contributed by atoms with E-state index < -0.39 is 66.2 Å². The van der Waals surface area contributed by atoms with Gasteiger partial charge in [0.2, 0.25) is 17.7 Å². The second-order valence-corrected chi connectivity index (χ2v) is 15.0. The van der Waals surface area contributed by atoms with Gasteiger partial charge in [-0.2, -0.15) is 0 Å². The molecule has 1 rings (SSSR count). The quantitative estimate of drug-likeness (QED) is 0.166. The molecule has 0 bridgehead atoms. The van der Waals surface area contributed by atoms with E-state index in [1.54, 1.807) is 20.0 Å². The summed E-state index contributed by atoms with van der Waals surface area (Å²) in [7, 11) is 5.28. The lowest BCUT2D eigenvalue weighted by atomic mass is 9.82. The summed E-state index contributed by atoms with van der Waals surface area (Å²) < 4.78 is 0. The molecule has 5 amide bonds. The van der Waals surface area contributed by atoms with E-state index in [1.165, 1.54) is 4.90 Å². The molecule has 0 aromatic carbocycles. The standard InChI is InChI=1S/C34H55N5O8/c1-20(2)23(38(12)32(47)28(33(4,5)6)36-31(46)29(37(10)11)34(7,8)9)17-21(3)24(40)14-13-22(18-27(43)44)30(45)35-19-39-25(41)15-16-26(39)42/h15-17,20,22-23,28-29H,13-14,18-19H2,1-12H3,(H,35,45)(H,36,46)(H,43,44)/b21-17+/t22?,23-,28-,29-/m1/s1. The van der Waals surface area contributed by atoms with Crippen molar-refractivity contribution in [1.82, 2.24) is 25.3 Å². The minimum absolute atomic E-state index is 0.0810. The second-order valence-electron chi connectivity index (χ2n) is 15.0. The van der Waals surface area contributed by atoms with Gasteiger partial charge in [0, 0.05) is 31.5 Å². The van der Waals surface area contributed by atoms with Crippen molar-refractivity contribution in [2.45, 2.75) is 99.7 Å². The van der Waals surface area contributed by atoms with Crippen LogP contribution in [0.4, 0.5) is 0 Å². The highest BCUT2D eigenvalue weighted by atomic mass is 16.4. The summed E-state index contributed by atoms with van der Waals surface area (Å²) in [5, 5.41) is 14.8. The summed E-state index contributed by atoms with van der Waals surface area (Å²) in [6, 6.07) is -1.85. The largest absolute Gasteiger partial charge is 0.481 e. The van der Waals surface area contributed by atoms with Crippen LogP contribution in [0.15, 0.2) is 23.8 Å². The number of allylic oxidation sites excluding steroid dienone is 1. The highest BCUT2D eigenvalue weighted by Gasteiger charge is 2.41. The fourth-order valence-corrected chi connectivity index (χ4v) is 5.65. The molecule has 1 aliphatic heterocycles. The molecule has 0 radical (unpaired) electrons. The topological polar surface area (TPSA) is 174 Å². The van der Waals surface area contributed by atoms with Crippen LogP contribution in [0.3, 0.4) is 0 Å². The first kappa shape index (κ1) is 41.2. The minimum Gasteiger partial charge on any atom is -0.481 e. The Morgan fingerprint density at radius 2 is 1.45 bits per heavy atom. The van der Waals surface area contributed by atoms with E-state index in [1.807, 2.05) is 74.4 Å². The van der Waals surface area contributed by atoms with E-state index in [0.29, 0.717) is 5.57 Å². The molecule has 4 atom stereocenters. The Balaban J connectivity index is 3.12. The average Bonchev–Trinajstić information content (AvgIpc) is 3.24. The van der Waals surface area contributed by atoms with Crippen LogP contribution in [0, 0.1) is 22.7 Å². The third-order valence-corrected chi connectivity index (χ3v) is 8.15. The van der Waals surface area contributed by atoms with E-state index in [9.17, 15) is 38.7 Å². The number of nitrogens with zero attached hydrogens (tertiary/aromatic N) is 3. The second kappa shape index (κ2) is 16.8. The van der Waals surface area contributed by atoms with E-state index in [4.69, 9.17) is 0 Å². The van der Waals surface area contributed by atoms with E-state index in [0.717, 1.165) is 17.1 Å². The van der Waals surface area contributed by atoms with Gasteiger partial charge in [-0.15, -0.1) is 0 Å². The normalized spacial score (nSPS) is 16.6. The molecule has 13 nitrogen and oxygen atoms in total. The molecule has 3 N–H and O–H groups in total. The van der Waals surface area contributed by atoms with Gasteiger partial charge in [0.05, 0.1) is 18.5 Å². The number of likely N-dealkylation sites (N-methyl/N-ethyl adjacent to an activating group) is 2. The Morgan fingerprint density at radius 3 is 1.87 bits per heavy atom. The van der Waals surface area contributed by atoms with Gasteiger partial charge in [0.15, 0.2) is 5.78 Å². The number of ketones is 1. The van der Waals surface area contributed by atoms with Crippen molar-refractivity contribution >= 4 is 41.3 Å². The summed E-state index contributed by atoms with van der Waals surface area (Å²) in [6.45, 7) is 16.5. The molecule has 0 spiro atoms. The summed E-state index contributed by atoms with van der Waals surface area (Å²) in [5.74, 6) is -5.20. The van der Waals surface area contributed by atoms with E-state index >= 15 is 0 Å². The highest BCUT2D eigenvalue weighted by molar-refractivity contribution is 6.13. The average molecular weight is 662 g/mol. The monoisotopic (exact) mass is 661 g/mol. The zero-order chi connectivity index (χ0) is 36.6. The first-order valence-corrected chi connectivity index (χ1v) is 15.9. The van der Waals surface area contributed by atoms with Crippen LogP contribution in [-0.2, 0) is 33.6 Å². The Kier molecular flexibility index (Phi) is 14.7. The Morgan fingerprint density at radius 1 is 0.915 bits per heavy atom. The maximum absolute atomic E-state index is 14.0. The number of Topliss-reactive ketones (excluding diaryl/α,β-unsaturated/α-hetero) is 1. The maximum atomic E-state index is 14.0. The van der Waals surface area contributed by atoms with Gasteiger partial charge in [0.1, 0.15) is 12.7 Å². The van der Waals surface area contributed by atoms with Crippen LogP contribution >= 0.6 is 0 Å². The number of carbonyl (C=O) groups excluding carboxylic acids is 6. The predicted molar refractivity (Wildman–Crippen MR) is 177 cm³/mol. The predicted octanol–water partition coefficient (Wildman–Crippen LogP) is 2.36. The van der Waals surface area contributed by atoms with Crippen molar-refractivity contribution in [3.05, 3.63) is 23.8 Å². The Hall–Kier alpha value is -3.87. The molecule has 0 fully saturated rings. The molecule has 0 saturated carbocycles. The van der Waals surface area contributed by atoms with Crippen molar-refractivity contribution in [2.75, 3.05) is 27.8 Å². The van der Waals surface area contributed by atoms with Gasteiger partial charge >= 0.3 is 5.97 Å². The van der Waals surface area contributed by atoms with Gasteiger partial charge < -0.3 is 20.6 Å². The molecular weight excluding hydrogens is 606 g/mol. The molecule has 0 aromatic rings. The lowest BCUT2D eigenvalue weighted by Crippen LogP contribution is -2.60. The number of hydrogen-bond donors (Lipinski definition) is 3. The van der Waals surface area contributed by atoms with Crippen molar-refractivity contribution in [1.29, 1.82) is 0 Å². The smallest absolute Gasteiger partial charge is 0.304 e. The summed E-state index contributed by atoms with van der Waals surface area (Å²) in [4.78, 5) is 92.6.